The summed E-state index contributed by atoms with van der Waals surface area (Å²) in [5.41, 5.74) is 3.63. The number of carbonyl (C=O) groups excluding carboxylic acids is 1. The van der Waals surface area contributed by atoms with Gasteiger partial charge in [-0.2, -0.15) is 5.10 Å². The summed E-state index contributed by atoms with van der Waals surface area (Å²) in [6.45, 7) is 4.08. The molecule has 9 heteroatoms. The Bertz CT molecular complexity index is 1370. The maximum absolute atomic E-state index is 14.2. The Hall–Kier alpha value is -2.87. The van der Waals surface area contributed by atoms with Gasteiger partial charge in [-0.25, -0.2) is 4.39 Å². The van der Waals surface area contributed by atoms with Gasteiger partial charge < -0.3 is 10.1 Å². The van der Waals surface area contributed by atoms with Crippen LogP contribution in [0.25, 0.3) is 0 Å². The number of carbonyl (C=O) groups is 1. The highest BCUT2D eigenvalue weighted by Gasteiger charge is 2.17. The Morgan fingerprint density at radius 2 is 1.83 bits per heavy atom. The van der Waals surface area contributed by atoms with E-state index in [0.717, 1.165) is 10.0 Å². The molecule has 0 unspecified atom stereocenters. The number of amides is 1. The number of anilines is 1. The summed E-state index contributed by atoms with van der Waals surface area (Å²) in [5.74, 6) is -0.0958. The van der Waals surface area contributed by atoms with Gasteiger partial charge in [-0.15, -0.1) is 0 Å². The molecule has 5 nitrogen and oxygen atoms in total. The van der Waals surface area contributed by atoms with E-state index < -0.39 is 5.82 Å². The summed E-state index contributed by atoms with van der Waals surface area (Å²) in [5, 5.41) is 8.22. The number of rotatable bonds is 7. The van der Waals surface area contributed by atoms with Crippen LogP contribution in [0.3, 0.4) is 0 Å². The highest BCUT2D eigenvalue weighted by molar-refractivity contribution is 9.10. The first-order chi connectivity index (χ1) is 16.7. The molecule has 0 saturated heterocycles. The highest BCUT2D eigenvalue weighted by Crippen LogP contribution is 2.29. The van der Waals surface area contributed by atoms with E-state index >= 15 is 0 Å². The zero-order chi connectivity index (χ0) is 25.1. The average molecular weight is 577 g/mol. The van der Waals surface area contributed by atoms with Crippen LogP contribution >= 0.6 is 39.1 Å². The largest absolute Gasteiger partial charge is 0.487 e. The molecule has 0 bridgehead atoms. The highest BCUT2D eigenvalue weighted by atomic mass is 79.9. The van der Waals surface area contributed by atoms with Gasteiger partial charge >= 0.3 is 0 Å². The van der Waals surface area contributed by atoms with E-state index in [0.29, 0.717) is 50.6 Å². The Labute approximate surface area is 220 Å². The molecule has 0 aliphatic carbocycles. The fourth-order valence-electron chi connectivity index (χ4n) is 3.56. The molecule has 0 fully saturated rings. The number of halogens is 4. The fraction of sp³-hybridized carbons (Fsp3) is 0.154. The summed E-state index contributed by atoms with van der Waals surface area (Å²) in [6, 6.07) is 17.1. The summed E-state index contributed by atoms with van der Waals surface area (Å²) in [6.07, 6.45) is 0. The van der Waals surface area contributed by atoms with Gasteiger partial charge in [-0.1, -0.05) is 57.3 Å². The van der Waals surface area contributed by atoms with Gasteiger partial charge in [-0.3, -0.25) is 9.48 Å². The van der Waals surface area contributed by atoms with Crippen LogP contribution in [0.5, 0.6) is 5.75 Å². The van der Waals surface area contributed by atoms with Crippen LogP contribution in [0.4, 0.5) is 10.1 Å². The number of ether oxygens (including phenoxy) is 1. The predicted molar refractivity (Wildman–Crippen MR) is 140 cm³/mol. The molecule has 35 heavy (non-hydrogen) atoms. The minimum Gasteiger partial charge on any atom is -0.487 e. The van der Waals surface area contributed by atoms with Gasteiger partial charge in [0, 0.05) is 20.6 Å². The van der Waals surface area contributed by atoms with Gasteiger partial charge in [0.2, 0.25) is 0 Å². The van der Waals surface area contributed by atoms with Gasteiger partial charge in [0.25, 0.3) is 5.91 Å². The number of aromatic nitrogens is 2. The molecule has 0 saturated carbocycles. The second-order valence-electron chi connectivity index (χ2n) is 7.92. The molecule has 0 radical (unpaired) electrons. The Morgan fingerprint density at radius 1 is 1.09 bits per heavy atom. The number of hydrogen-bond donors (Lipinski definition) is 1. The van der Waals surface area contributed by atoms with Crippen molar-refractivity contribution >= 4 is 50.7 Å². The van der Waals surface area contributed by atoms with Crippen molar-refractivity contribution in [2.45, 2.75) is 27.0 Å². The smallest absolute Gasteiger partial charge is 0.255 e. The molecule has 180 valence electrons. The van der Waals surface area contributed by atoms with Crippen molar-refractivity contribution in [2.24, 2.45) is 0 Å². The monoisotopic (exact) mass is 575 g/mol. The Kier molecular flexibility index (Phi) is 7.79. The molecule has 1 N–H and O–H groups in total. The van der Waals surface area contributed by atoms with Crippen molar-refractivity contribution < 1.29 is 13.9 Å². The van der Waals surface area contributed by atoms with Crippen molar-refractivity contribution in [3.8, 4) is 5.75 Å². The molecule has 1 amide bonds. The maximum Gasteiger partial charge on any atom is 0.255 e. The van der Waals surface area contributed by atoms with Crippen molar-refractivity contribution in [3.63, 3.8) is 0 Å². The third-order valence-corrected chi connectivity index (χ3v) is 6.64. The number of aryl methyl sites for hydroxylation is 1. The topological polar surface area (TPSA) is 56.2 Å². The lowest BCUT2D eigenvalue weighted by Gasteiger charge is -2.10. The third-order valence-electron chi connectivity index (χ3n) is 5.49. The maximum atomic E-state index is 14.2. The average Bonchev–Trinajstić information content (AvgIpc) is 3.08. The lowest BCUT2D eigenvalue weighted by Crippen LogP contribution is -2.13. The molecule has 1 aromatic heterocycles. The molecule has 4 aromatic rings. The van der Waals surface area contributed by atoms with Crippen LogP contribution < -0.4 is 10.1 Å². The molecular formula is C26H21BrCl2FN3O2. The fourth-order valence-corrected chi connectivity index (χ4v) is 4.51. The predicted octanol–water partition coefficient (Wildman–Crippen LogP) is 7.59. The molecule has 4 rings (SSSR count). The number of hydrogen-bond acceptors (Lipinski definition) is 3. The zero-order valence-electron chi connectivity index (χ0n) is 18.9. The lowest BCUT2D eigenvalue weighted by atomic mass is 10.1. The van der Waals surface area contributed by atoms with Crippen molar-refractivity contribution in [1.82, 2.24) is 9.78 Å². The van der Waals surface area contributed by atoms with Crippen molar-refractivity contribution in [1.29, 1.82) is 0 Å². The van der Waals surface area contributed by atoms with Crippen LogP contribution in [0.15, 0.2) is 65.1 Å². The van der Waals surface area contributed by atoms with Crippen molar-refractivity contribution in [3.05, 3.63) is 109 Å². The molecule has 0 atom stereocenters. The molecule has 0 aliphatic heterocycles. The second-order valence-corrected chi connectivity index (χ2v) is 9.65. The molecule has 0 aliphatic rings. The van der Waals surface area contributed by atoms with E-state index in [1.807, 2.05) is 25.1 Å². The van der Waals surface area contributed by atoms with Crippen LogP contribution in [0.2, 0.25) is 10.0 Å². The van der Waals surface area contributed by atoms with E-state index in [-0.39, 0.29) is 12.5 Å². The van der Waals surface area contributed by atoms with Gasteiger partial charge in [0.05, 0.1) is 28.6 Å². The number of nitrogens with zero attached hydrogens (tertiary/aromatic N) is 2. The summed E-state index contributed by atoms with van der Waals surface area (Å²) in [4.78, 5) is 12.9. The van der Waals surface area contributed by atoms with E-state index in [9.17, 15) is 9.18 Å². The summed E-state index contributed by atoms with van der Waals surface area (Å²) in [7, 11) is 0. The molecule has 0 spiro atoms. The number of nitrogens with one attached hydrogen (secondary N) is 1. The number of benzene rings is 3. The van der Waals surface area contributed by atoms with Crippen LogP contribution in [0.1, 0.15) is 32.9 Å². The van der Waals surface area contributed by atoms with E-state index in [1.54, 1.807) is 48.0 Å². The minimum absolute atomic E-state index is 0.158. The van der Waals surface area contributed by atoms with Crippen LogP contribution in [-0.4, -0.2) is 15.7 Å². The lowest BCUT2D eigenvalue weighted by molar-refractivity contribution is 0.102. The molecule has 3 aromatic carbocycles. The van der Waals surface area contributed by atoms with Crippen LogP contribution in [-0.2, 0) is 13.2 Å². The third kappa shape index (κ3) is 5.86. The van der Waals surface area contributed by atoms with Crippen LogP contribution in [0, 0.1) is 19.7 Å². The van der Waals surface area contributed by atoms with E-state index in [1.165, 1.54) is 6.07 Å². The normalized spacial score (nSPS) is 10.9. The molecule has 1 heterocycles. The first-order valence-electron chi connectivity index (χ1n) is 10.7. The standard InChI is InChI=1S/C26H21BrCl2FN3O2/c1-15-25(16(2)33(32-15)13-20-21(28)4-3-5-23(20)30)31-26(34)18-8-6-17(7-9-18)14-35-24-11-10-19(27)12-22(24)29/h3-12H,13-14H2,1-2H3,(H,31,34). The van der Waals surface area contributed by atoms with Crippen molar-refractivity contribution in [2.75, 3.05) is 5.32 Å². The van der Waals surface area contributed by atoms with Gasteiger partial charge in [0.15, 0.2) is 0 Å². The Morgan fingerprint density at radius 3 is 2.51 bits per heavy atom. The first kappa shape index (κ1) is 25.2. The van der Waals surface area contributed by atoms with Gasteiger partial charge in [-0.05, 0) is 61.9 Å². The minimum atomic E-state index is -0.401. The van der Waals surface area contributed by atoms with E-state index in [2.05, 4.69) is 26.3 Å². The zero-order valence-corrected chi connectivity index (χ0v) is 22.0. The van der Waals surface area contributed by atoms with E-state index in [4.69, 9.17) is 27.9 Å². The SMILES string of the molecule is Cc1nn(Cc2c(F)cccc2Cl)c(C)c1NC(=O)c1ccc(COc2ccc(Br)cc2Cl)cc1. The van der Waals surface area contributed by atoms with Gasteiger partial charge in [0.1, 0.15) is 18.2 Å². The second kappa shape index (κ2) is 10.8. The molecular weight excluding hydrogens is 556 g/mol. The summed E-state index contributed by atoms with van der Waals surface area (Å²) < 4.78 is 22.5. The quantitative estimate of drug-likeness (QED) is 0.246. The Balaban J connectivity index is 1.43. The first-order valence-corrected chi connectivity index (χ1v) is 12.2. The summed E-state index contributed by atoms with van der Waals surface area (Å²) >= 11 is 15.7.